The molecule has 1 amide bonds. The van der Waals surface area contributed by atoms with Gasteiger partial charge in [-0.05, 0) is 61.7 Å². The molecule has 0 heterocycles. The molecule has 180 valence electrons. The topological polar surface area (TPSA) is 69.7 Å². The number of rotatable bonds is 8. The van der Waals surface area contributed by atoms with Crippen LogP contribution in [0.2, 0.25) is 0 Å². The van der Waals surface area contributed by atoms with E-state index < -0.39 is 16.0 Å². The zero-order valence-corrected chi connectivity index (χ0v) is 20.9. The minimum atomic E-state index is -3.95. The number of para-hydroxylation sites is 1. The first-order valence-corrected chi connectivity index (χ1v) is 12.3. The first-order valence-electron chi connectivity index (χ1n) is 10.9. The highest BCUT2D eigenvalue weighted by Gasteiger charge is 2.27. The molecule has 0 bridgehead atoms. The molecule has 3 aromatic carbocycles. The van der Waals surface area contributed by atoms with Crippen LogP contribution in [0.5, 0.6) is 0 Å². The van der Waals surface area contributed by atoms with Crippen LogP contribution < -0.4 is 9.62 Å². The van der Waals surface area contributed by atoms with Crippen molar-refractivity contribution in [3.05, 3.63) is 100 Å². The molecular formula is C26H30FN3O3S. The van der Waals surface area contributed by atoms with Crippen LogP contribution in [0.4, 0.5) is 10.1 Å². The second-order valence-electron chi connectivity index (χ2n) is 8.50. The third-order valence-electron chi connectivity index (χ3n) is 5.65. The van der Waals surface area contributed by atoms with Gasteiger partial charge >= 0.3 is 10.2 Å². The average Bonchev–Trinajstić information content (AvgIpc) is 2.79. The van der Waals surface area contributed by atoms with Crippen LogP contribution in [0.15, 0.2) is 66.7 Å². The highest BCUT2D eigenvalue weighted by atomic mass is 32.2. The van der Waals surface area contributed by atoms with Crippen molar-refractivity contribution in [3.63, 3.8) is 0 Å². The molecule has 1 atom stereocenters. The molecule has 6 nitrogen and oxygen atoms in total. The molecule has 0 aromatic heterocycles. The number of halogens is 1. The van der Waals surface area contributed by atoms with Gasteiger partial charge in [0.1, 0.15) is 5.82 Å². The van der Waals surface area contributed by atoms with Crippen molar-refractivity contribution in [2.45, 2.75) is 33.4 Å². The number of aryl methyl sites for hydroxylation is 2. The van der Waals surface area contributed by atoms with Gasteiger partial charge < -0.3 is 5.32 Å². The predicted molar refractivity (Wildman–Crippen MR) is 133 cm³/mol. The summed E-state index contributed by atoms with van der Waals surface area (Å²) in [5.74, 6) is -0.865. The zero-order valence-electron chi connectivity index (χ0n) is 20.0. The van der Waals surface area contributed by atoms with E-state index >= 15 is 0 Å². The van der Waals surface area contributed by atoms with Gasteiger partial charge in [-0.1, -0.05) is 48.0 Å². The molecule has 0 radical (unpaired) electrons. The van der Waals surface area contributed by atoms with Gasteiger partial charge in [-0.25, -0.2) is 4.39 Å². The van der Waals surface area contributed by atoms with Gasteiger partial charge in [0.2, 0.25) is 0 Å². The summed E-state index contributed by atoms with van der Waals surface area (Å²) in [7, 11) is -1.15. The van der Waals surface area contributed by atoms with Crippen LogP contribution in [0.1, 0.15) is 45.6 Å². The van der Waals surface area contributed by atoms with Crippen LogP contribution >= 0.6 is 0 Å². The van der Waals surface area contributed by atoms with Crippen molar-refractivity contribution in [1.29, 1.82) is 0 Å². The van der Waals surface area contributed by atoms with E-state index in [1.54, 1.807) is 30.3 Å². The molecule has 0 spiro atoms. The summed E-state index contributed by atoms with van der Waals surface area (Å²) in [6, 6.07) is 18.3. The zero-order chi connectivity index (χ0) is 25.0. The predicted octanol–water partition coefficient (Wildman–Crippen LogP) is 4.75. The average molecular weight is 484 g/mol. The minimum absolute atomic E-state index is 0.0413. The van der Waals surface area contributed by atoms with E-state index in [1.165, 1.54) is 32.3 Å². The molecule has 34 heavy (non-hydrogen) atoms. The van der Waals surface area contributed by atoms with Gasteiger partial charge in [-0.3, -0.25) is 9.10 Å². The summed E-state index contributed by atoms with van der Waals surface area (Å²) in [5, 5.41) is 3.01. The number of hydrogen-bond donors (Lipinski definition) is 1. The molecule has 1 unspecified atom stereocenters. The molecule has 8 heteroatoms. The molecule has 0 fully saturated rings. The van der Waals surface area contributed by atoms with Crippen molar-refractivity contribution >= 4 is 21.8 Å². The first kappa shape index (κ1) is 25.4. The van der Waals surface area contributed by atoms with E-state index in [-0.39, 0.29) is 24.2 Å². The Balaban J connectivity index is 1.80. The van der Waals surface area contributed by atoms with Gasteiger partial charge in [-0.2, -0.15) is 12.7 Å². The lowest BCUT2D eigenvalue weighted by atomic mass is 9.99. The molecular weight excluding hydrogens is 453 g/mol. The van der Waals surface area contributed by atoms with E-state index in [9.17, 15) is 17.6 Å². The van der Waals surface area contributed by atoms with Crippen molar-refractivity contribution in [1.82, 2.24) is 9.62 Å². The van der Waals surface area contributed by atoms with Crippen LogP contribution in [-0.4, -0.2) is 32.7 Å². The Labute approximate surface area is 201 Å². The molecule has 3 aromatic rings. The number of anilines is 1. The monoisotopic (exact) mass is 483 g/mol. The van der Waals surface area contributed by atoms with E-state index in [1.807, 2.05) is 32.9 Å². The second-order valence-corrected chi connectivity index (χ2v) is 10.6. The molecule has 0 aliphatic heterocycles. The summed E-state index contributed by atoms with van der Waals surface area (Å²) in [6.07, 6.45) is 0. The first-order chi connectivity index (χ1) is 16.0. The van der Waals surface area contributed by atoms with Gasteiger partial charge in [-0.15, -0.1) is 0 Å². The lowest BCUT2D eigenvalue weighted by molar-refractivity contribution is 0.0939. The number of nitrogens with one attached hydrogen (secondary N) is 1. The number of carbonyl (C=O) groups excluding carboxylic acids is 1. The minimum Gasteiger partial charge on any atom is -0.346 e. The third kappa shape index (κ3) is 5.63. The van der Waals surface area contributed by atoms with Gasteiger partial charge in [0.25, 0.3) is 5.91 Å². The van der Waals surface area contributed by atoms with E-state index in [4.69, 9.17) is 0 Å². The third-order valence-corrected chi connectivity index (χ3v) is 7.46. The summed E-state index contributed by atoms with van der Waals surface area (Å²) in [6.45, 7) is 5.88. The Bertz CT molecular complexity index is 1270. The van der Waals surface area contributed by atoms with Crippen molar-refractivity contribution in [3.8, 4) is 0 Å². The van der Waals surface area contributed by atoms with Crippen LogP contribution in [0.25, 0.3) is 0 Å². The normalized spacial score (nSPS) is 12.4. The van der Waals surface area contributed by atoms with Crippen LogP contribution in [-0.2, 0) is 16.8 Å². The van der Waals surface area contributed by atoms with Gasteiger partial charge in [0.15, 0.2) is 0 Å². The van der Waals surface area contributed by atoms with Crippen LogP contribution in [0.3, 0.4) is 0 Å². The Hall–Kier alpha value is -3.23. The summed E-state index contributed by atoms with van der Waals surface area (Å²) < 4.78 is 42.3. The van der Waals surface area contributed by atoms with Gasteiger partial charge in [0, 0.05) is 19.7 Å². The number of hydrogen-bond acceptors (Lipinski definition) is 3. The SMILES string of the molecule is Cc1ccc(C)c(C(C)NC(=O)c2ccc(CN(c3ccccc3F)S(=O)(=O)N(C)C)cc2)c1. The Morgan fingerprint density at radius 2 is 1.65 bits per heavy atom. The van der Waals surface area contributed by atoms with E-state index in [0.717, 1.165) is 25.3 Å². The number of carbonyl (C=O) groups is 1. The van der Waals surface area contributed by atoms with Crippen molar-refractivity contribution < 1.29 is 17.6 Å². The maximum absolute atomic E-state index is 14.4. The summed E-state index contributed by atoms with van der Waals surface area (Å²) in [4.78, 5) is 12.8. The lowest BCUT2D eigenvalue weighted by Gasteiger charge is -2.27. The quantitative estimate of drug-likeness (QED) is 0.503. The fourth-order valence-electron chi connectivity index (χ4n) is 3.65. The lowest BCUT2D eigenvalue weighted by Crippen LogP contribution is -2.40. The fraction of sp³-hybridized carbons (Fsp3) is 0.269. The highest BCUT2D eigenvalue weighted by molar-refractivity contribution is 7.90. The summed E-state index contributed by atoms with van der Waals surface area (Å²) in [5.41, 5.74) is 4.31. The maximum Gasteiger partial charge on any atom is 0.303 e. The molecule has 0 saturated carbocycles. The smallest absolute Gasteiger partial charge is 0.303 e. The van der Waals surface area contributed by atoms with E-state index in [0.29, 0.717) is 11.1 Å². The Kier molecular flexibility index (Phi) is 7.74. The van der Waals surface area contributed by atoms with Crippen molar-refractivity contribution in [2.24, 2.45) is 0 Å². The second kappa shape index (κ2) is 10.4. The van der Waals surface area contributed by atoms with Crippen LogP contribution in [0, 0.1) is 19.7 Å². The molecule has 0 aliphatic rings. The summed E-state index contributed by atoms with van der Waals surface area (Å²) >= 11 is 0. The Morgan fingerprint density at radius 3 is 2.26 bits per heavy atom. The Morgan fingerprint density at radius 1 is 1.00 bits per heavy atom. The van der Waals surface area contributed by atoms with E-state index in [2.05, 4.69) is 11.4 Å². The fourth-order valence-corrected chi connectivity index (χ4v) is 4.76. The highest BCUT2D eigenvalue weighted by Crippen LogP contribution is 2.25. The molecule has 3 rings (SSSR count). The molecule has 0 saturated heterocycles. The standard InChI is InChI=1S/C26H30FN3O3S/c1-18-10-11-19(2)23(16-18)20(3)28-26(31)22-14-12-21(13-15-22)17-30(34(32,33)29(4)5)25-9-7-6-8-24(25)27/h6-16,20H,17H2,1-5H3,(H,28,31). The largest absolute Gasteiger partial charge is 0.346 e. The maximum atomic E-state index is 14.4. The molecule has 1 N–H and O–H groups in total. The van der Waals surface area contributed by atoms with Gasteiger partial charge in [0.05, 0.1) is 18.3 Å². The number of nitrogens with zero attached hydrogens (tertiary/aromatic N) is 2. The van der Waals surface area contributed by atoms with Crippen molar-refractivity contribution in [2.75, 3.05) is 18.4 Å². The molecule has 0 aliphatic carbocycles. The number of benzene rings is 3. The number of amides is 1.